The van der Waals surface area contributed by atoms with Crippen LogP contribution < -0.4 is 5.32 Å². The molecule has 0 saturated heterocycles. The summed E-state index contributed by atoms with van der Waals surface area (Å²) < 4.78 is 2.01. The fourth-order valence-corrected chi connectivity index (χ4v) is 3.27. The van der Waals surface area contributed by atoms with Crippen LogP contribution in [0.15, 0.2) is 60.0 Å². The SMILES string of the molecule is CCn1c(S[C@@H](C)C(=O)Nc2ccccc2)nnc1-c1ccncc1. The van der Waals surface area contributed by atoms with Crippen LogP contribution in [0.25, 0.3) is 11.4 Å². The van der Waals surface area contributed by atoms with E-state index in [4.69, 9.17) is 0 Å². The molecule has 25 heavy (non-hydrogen) atoms. The molecule has 0 fully saturated rings. The summed E-state index contributed by atoms with van der Waals surface area (Å²) >= 11 is 1.40. The number of benzene rings is 1. The summed E-state index contributed by atoms with van der Waals surface area (Å²) in [7, 11) is 0. The molecule has 1 aromatic carbocycles. The van der Waals surface area contributed by atoms with Gasteiger partial charge in [-0.25, -0.2) is 0 Å². The number of thioether (sulfide) groups is 1. The lowest BCUT2D eigenvalue weighted by Gasteiger charge is -2.12. The third-order valence-electron chi connectivity index (χ3n) is 3.66. The second-order valence-corrected chi connectivity index (χ2v) is 6.71. The quantitative estimate of drug-likeness (QED) is 0.687. The van der Waals surface area contributed by atoms with Crippen molar-refractivity contribution >= 4 is 23.4 Å². The van der Waals surface area contributed by atoms with Gasteiger partial charge in [-0.3, -0.25) is 9.78 Å². The lowest BCUT2D eigenvalue weighted by atomic mass is 10.2. The molecule has 0 unspecified atom stereocenters. The maximum Gasteiger partial charge on any atom is 0.237 e. The highest BCUT2D eigenvalue weighted by Gasteiger charge is 2.20. The van der Waals surface area contributed by atoms with Crippen molar-refractivity contribution in [1.29, 1.82) is 0 Å². The average molecular weight is 353 g/mol. The largest absolute Gasteiger partial charge is 0.325 e. The van der Waals surface area contributed by atoms with Crippen molar-refractivity contribution in [3.05, 3.63) is 54.9 Å². The molecule has 6 nitrogen and oxygen atoms in total. The summed E-state index contributed by atoms with van der Waals surface area (Å²) in [5, 5.41) is 11.9. The van der Waals surface area contributed by atoms with Gasteiger partial charge in [-0.1, -0.05) is 30.0 Å². The van der Waals surface area contributed by atoms with E-state index in [-0.39, 0.29) is 11.2 Å². The minimum Gasteiger partial charge on any atom is -0.325 e. The van der Waals surface area contributed by atoms with Gasteiger partial charge in [0.15, 0.2) is 11.0 Å². The Kier molecular flexibility index (Phi) is 5.45. The molecule has 0 radical (unpaired) electrons. The standard InChI is InChI=1S/C18H19N5OS/c1-3-23-16(14-9-11-19-12-10-14)21-22-18(23)25-13(2)17(24)20-15-7-5-4-6-8-15/h4-13H,3H2,1-2H3,(H,20,24)/t13-/m0/s1. The van der Waals surface area contributed by atoms with Crippen molar-refractivity contribution < 1.29 is 4.79 Å². The highest BCUT2D eigenvalue weighted by molar-refractivity contribution is 8.00. The molecule has 3 aromatic rings. The first-order valence-corrected chi connectivity index (χ1v) is 8.93. The Morgan fingerprint density at radius 1 is 1.16 bits per heavy atom. The first-order chi connectivity index (χ1) is 12.2. The number of para-hydroxylation sites is 1. The van der Waals surface area contributed by atoms with Crippen molar-refractivity contribution in [3.8, 4) is 11.4 Å². The van der Waals surface area contributed by atoms with E-state index in [9.17, 15) is 4.79 Å². The van der Waals surface area contributed by atoms with Gasteiger partial charge in [-0.05, 0) is 38.1 Å². The van der Waals surface area contributed by atoms with Crippen LogP contribution in [0.4, 0.5) is 5.69 Å². The smallest absolute Gasteiger partial charge is 0.237 e. The van der Waals surface area contributed by atoms with Gasteiger partial charge in [0.2, 0.25) is 5.91 Å². The second-order valence-electron chi connectivity index (χ2n) is 5.40. The number of anilines is 1. The van der Waals surface area contributed by atoms with Gasteiger partial charge >= 0.3 is 0 Å². The number of hydrogen-bond acceptors (Lipinski definition) is 5. The lowest BCUT2D eigenvalue weighted by Crippen LogP contribution is -2.22. The van der Waals surface area contributed by atoms with Crippen LogP contribution in [0.1, 0.15) is 13.8 Å². The summed E-state index contributed by atoms with van der Waals surface area (Å²) in [5.41, 5.74) is 1.74. The predicted molar refractivity (Wildman–Crippen MR) is 99.3 cm³/mol. The van der Waals surface area contributed by atoms with E-state index < -0.39 is 0 Å². The summed E-state index contributed by atoms with van der Waals surface area (Å²) in [5.74, 6) is 0.718. The molecular weight excluding hydrogens is 334 g/mol. The number of hydrogen-bond donors (Lipinski definition) is 1. The van der Waals surface area contributed by atoms with Gasteiger partial charge < -0.3 is 9.88 Å². The average Bonchev–Trinajstić information content (AvgIpc) is 3.05. The zero-order valence-corrected chi connectivity index (χ0v) is 14.9. The van der Waals surface area contributed by atoms with Crippen molar-refractivity contribution in [2.75, 3.05) is 5.32 Å². The molecule has 1 amide bonds. The van der Waals surface area contributed by atoms with Gasteiger partial charge in [0.1, 0.15) is 0 Å². The van der Waals surface area contributed by atoms with Crippen LogP contribution in [0, 0.1) is 0 Å². The predicted octanol–water partition coefficient (Wildman–Crippen LogP) is 3.48. The van der Waals surface area contributed by atoms with E-state index in [2.05, 4.69) is 20.5 Å². The third kappa shape index (κ3) is 4.06. The number of rotatable bonds is 6. The fraction of sp³-hybridized carbons (Fsp3) is 0.222. The van der Waals surface area contributed by atoms with Crippen LogP contribution in [0.2, 0.25) is 0 Å². The van der Waals surface area contributed by atoms with Crippen LogP contribution in [0.3, 0.4) is 0 Å². The van der Waals surface area contributed by atoms with Crippen LogP contribution in [-0.2, 0) is 11.3 Å². The molecule has 1 atom stereocenters. The molecule has 0 aliphatic heterocycles. The molecular formula is C18H19N5OS. The Morgan fingerprint density at radius 2 is 1.88 bits per heavy atom. The van der Waals surface area contributed by atoms with Crippen molar-refractivity contribution in [1.82, 2.24) is 19.7 Å². The number of aromatic nitrogens is 4. The normalized spacial score (nSPS) is 11.9. The molecule has 2 aromatic heterocycles. The van der Waals surface area contributed by atoms with E-state index in [1.165, 1.54) is 11.8 Å². The summed E-state index contributed by atoms with van der Waals surface area (Å²) in [6, 6.07) is 13.2. The molecule has 0 aliphatic rings. The zero-order valence-electron chi connectivity index (χ0n) is 14.1. The van der Waals surface area contributed by atoms with E-state index >= 15 is 0 Å². The summed E-state index contributed by atoms with van der Waals surface area (Å²) in [6.45, 7) is 4.62. The van der Waals surface area contributed by atoms with Crippen LogP contribution in [0.5, 0.6) is 0 Å². The topological polar surface area (TPSA) is 72.7 Å². The lowest BCUT2D eigenvalue weighted by molar-refractivity contribution is -0.115. The van der Waals surface area contributed by atoms with Crippen LogP contribution in [-0.4, -0.2) is 30.9 Å². The number of nitrogens with one attached hydrogen (secondary N) is 1. The molecule has 128 valence electrons. The van der Waals surface area contributed by atoms with Gasteiger partial charge in [0.25, 0.3) is 0 Å². The molecule has 2 heterocycles. The Balaban J connectivity index is 1.74. The Bertz CT molecular complexity index is 835. The number of pyridine rings is 1. The first-order valence-electron chi connectivity index (χ1n) is 8.05. The molecule has 3 rings (SSSR count). The Morgan fingerprint density at radius 3 is 2.56 bits per heavy atom. The minimum absolute atomic E-state index is 0.0627. The highest BCUT2D eigenvalue weighted by Crippen LogP contribution is 2.27. The third-order valence-corrected chi connectivity index (χ3v) is 4.74. The Hall–Kier alpha value is -2.67. The number of amides is 1. The van der Waals surface area contributed by atoms with E-state index in [0.29, 0.717) is 0 Å². The molecule has 0 spiro atoms. The number of carbonyl (C=O) groups excluding carboxylic acids is 1. The monoisotopic (exact) mass is 353 g/mol. The van der Waals surface area contributed by atoms with E-state index in [1.807, 2.05) is 60.9 Å². The first kappa shape index (κ1) is 17.2. The zero-order chi connectivity index (χ0) is 17.6. The van der Waals surface area contributed by atoms with Crippen molar-refractivity contribution in [2.45, 2.75) is 30.8 Å². The van der Waals surface area contributed by atoms with Crippen molar-refractivity contribution in [2.24, 2.45) is 0 Å². The molecule has 7 heteroatoms. The van der Waals surface area contributed by atoms with Crippen molar-refractivity contribution in [3.63, 3.8) is 0 Å². The van der Waals surface area contributed by atoms with Gasteiger partial charge in [-0.15, -0.1) is 10.2 Å². The van der Waals surface area contributed by atoms with Gasteiger partial charge in [-0.2, -0.15) is 0 Å². The summed E-state index contributed by atoms with van der Waals surface area (Å²) in [6.07, 6.45) is 3.46. The van der Waals surface area contributed by atoms with Crippen LogP contribution >= 0.6 is 11.8 Å². The number of nitrogens with zero attached hydrogens (tertiary/aromatic N) is 4. The molecule has 0 saturated carbocycles. The van der Waals surface area contributed by atoms with Gasteiger partial charge in [0, 0.05) is 30.2 Å². The van der Waals surface area contributed by atoms with E-state index in [1.54, 1.807) is 12.4 Å². The molecule has 0 bridgehead atoms. The maximum atomic E-state index is 12.4. The minimum atomic E-state index is -0.292. The molecule has 1 N–H and O–H groups in total. The summed E-state index contributed by atoms with van der Waals surface area (Å²) in [4.78, 5) is 16.4. The highest BCUT2D eigenvalue weighted by atomic mass is 32.2. The Labute approximate surface area is 150 Å². The van der Waals surface area contributed by atoms with Gasteiger partial charge in [0.05, 0.1) is 5.25 Å². The second kappa shape index (κ2) is 7.94. The molecule has 0 aliphatic carbocycles. The fourth-order valence-electron chi connectivity index (χ4n) is 2.35. The van der Waals surface area contributed by atoms with E-state index in [0.717, 1.165) is 28.8 Å². The maximum absolute atomic E-state index is 12.4. The number of carbonyl (C=O) groups is 1.